The molecule has 1 aromatic carbocycles. The van der Waals surface area contributed by atoms with Crippen molar-refractivity contribution < 1.29 is 4.39 Å². The number of hydrogen-bond donors (Lipinski definition) is 0. The normalized spacial score (nSPS) is 11.2. The van der Waals surface area contributed by atoms with Gasteiger partial charge in [-0.3, -0.25) is 9.36 Å². The van der Waals surface area contributed by atoms with Gasteiger partial charge in [0.2, 0.25) is 0 Å². The molecule has 0 N–H and O–H groups in total. The lowest BCUT2D eigenvalue weighted by Gasteiger charge is -2.03. The minimum Gasteiger partial charge on any atom is -0.293 e. The fourth-order valence-corrected chi connectivity index (χ4v) is 3.11. The molecule has 5 nitrogen and oxygen atoms in total. The highest BCUT2D eigenvalue weighted by atomic mass is 32.1. The zero-order chi connectivity index (χ0) is 15.8. The molecule has 114 valence electrons. The molecule has 0 unspecified atom stereocenters. The van der Waals surface area contributed by atoms with Gasteiger partial charge in [0.15, 0.2) is 0 Å². The maximum Gasteiger partial charge on any atom is 0.262 e. The van der Waals surface area contributed by atoms with E-state index in [1.165, 1.54) is 34.4 Å². The summed E-state index contributed by atoms with van der Waals surface area (Å²) in [4.78, 5) is 17.4. The summed E-state index contributed by atoms with van der Waals surface area (Å²) in [6.07, 6.45) is 3.27. The average molecular weight is 326 g/mol. The largest absolute Gasteiger partial charge is 0.293 e. The van der Waals surface area contributed by atoms with Crippen molar-refractivity contribution in [1.82, 2.24) is 19.3 Å². The lowest BCUT2D eigenvalue weighted by Crippen LogP contribution is -2.20. The van der Waals surface area contributed by atoms with Crippen LogP contribution in [0.1, 0.15) is 5.69 Å². The molecule has 23 heavy (non-hydrogen) atoms. The predicted molar refractivity (Wildman–Crippen MR) is 86.5 cm³/mol. The van der Waals surface area contributed by atoms with E-state index in [-0.39, 0.29) is 11.4 Å². The maximum atomic E-state index is 13.3. The first-order chi connectivity index (χ1) is 11.2. The number of benzene rings is 1. The Kier molecular flexibility index (Phi) is 3.27. The highest BCUT2D eigenvalue weighted by Gasteiger charge is 2.08. The van der Waals surface area contributed by atoms with Crippen molar-refractivity contribution in [2.75, 3.05) is 0 Å². The van der Waals surface area contributed by atoms with Crippen LogP contribution in [0.15, 0.2) is 59.1 Å². The van der Waals surface area contributed by atoms with Crippen molar-refractivity contribution in [1.29, 1.82) is 0 Å². The standard InChI is InChI=1S/C16H11FN4OS/c17-11-2-1-3-13(8-11)21-6-4-12(19-21)9-20-10-18-15-14(16(20)22)5-7-23-15/h1-8,10H,9H2. The van der Waals surface area contributed by atoms with E-state index in [0.717, 1.165) is 4.83 Å². The smallest absolute Gasteiger partial charge is 0.262 e. The molecule has 0 amide bonds. The Balaban J connectivity index is 1.66. The third-order valence-electron chi connectivity index (χ3n) is 3.50. The van der Waals surface area contributed by atoms with Gasteiger partial charge in [-0.05, 0) is 35.7 Å². The fraction of sp³-hybridized carbons (Fsp3) is 0.0625. The summed E-state index contributed by atoms with van der Waals surface area (Å²) in [7, 11) is 0. The SMILES string of the molecule is O=c1c2ccsc2ncn1Cc1ccn(-c2cccc(F)c2)n1. The summed E-state index contributed by atoms with van der Waals surface area (Å²) >= 11 is 1.44. The van der Waals surface area contributed by atoms with E-state index in [9.17, 15) is 9.18 Å². The molecule has 0 aliphatic heterocycles. The fourth-order valence-electron chi connectivity index (χ4n) is 2.39. The highest BCUT2D eigenvalue weighted by molar-refractivity contribution is 7.16. The molecule has 0 radical (unpaired) electrons. The van der Waals surface area contributed by atoms with Crippen LogP contribution in [0.4, 0.5) is 4.39 Å². The Hall–Kier alpha value is -2.80. The van der Waals surface area contributed by atoms with Gasteiger partial charge in [-0.15, -0.1) is 11.3 Å². The molecule has 0 spiro atoms. The van der Waals surface area contributed by atoms with Crippen LogP contribution in [-0.2, 0) is 6.54 Å². The Morgan fingerprint density at radius 3 is 3.00 bits per heavy atom. The molecule has 0 aliphatic rings. The van der Waals surface area contributed by atoms with E-state index < -0.39 is 0 Å². The number of halogens is 1. The average Bonchev–Trinajstić information content (AvgIpc) is 3.20. The molecule has 4 aromatic rings. The maximum absolute atomic E-state index is 13.3. The molecule has 0 aliphatic carbocycles. The number of aromatic nitrogens is 4. The molecular formula is C16H11FN4OS. The minimum atomic E-state index is -0.317. The molecule has 4 rings (SSSR count). The van der Waals surface area contributed by atoms with Gasteiger partial charge >= 0.3 is 0 Å². The summed E-state index contributed by atoms with van der Waals surface area (Å²) in [6, 6.07) is 9.76. The van der Waals surface area contributed by atoms with E-state index in [2.05, 4.69) is 10.1 Å². The number of thiophene rings is 1. The highest BCUT2D eigenvalue weighted by Crippen LogP contribution is 2.14. The van der Waals surface area contributed by atoms with Crippen LogP contribution in [0.5, 0.6) is 0 Å². The van der Waals surface area contributed by atoms with Crippen LogP contribution >= 0.6 is 11.3 Å². The van der Waals surface area contributed by atoms with E-state index in [1.54, 1.807) is 35.1 Å². The van der Waals surface area contributed by atoms with Gasteiger partial charge in [-0.1, -0.05) is 6.07 Å². The van der Waals surface area contributed by atoms with Gasteiger partial charge in [-0.25, -0.2) is 14.1 Å². The van der Waals surface area contributed by atoms with Crippen LogP contribution in [0, 0.1) is 5.82 Å². The van der Waals surface area contributed by atoms with Crippen LogP contribution in [-0.4, -0.2) is 19.3 Å². The van der Waals surface area contributed by atoms with E-state index in [0.29, 0.717) is 23.3 Å². The molecule has 0 fully saturated rings. The van der Waals surface area contributed by atoms with Crippen molar-refractivity contribution in [3.8, 4) is 5.69 Å². The summed E-state index contributed by atoms with van der Waals surface area (Å²) < 4.78 is 16.4. The minimum absolute atomic E-state index is 0.0865. The molecule has 0 atom stereocenters. The van der Waals surface area contributed by atoms with Gasteiger partial charge in [0.25, 0.3) is 5.56 Å². The first kappa shape index (κ1) is 13.8. The summed E-state index contributed by atoms with van der Waals surface area (Å²) in [5.41, 5.74) is 1.25. The van der Waals surface area contributed by atoms with Crippen LogP contribution in [0.2, 0.25) is 0 Å². The van der Waals surface area contributed by atoms with E-state index >= 15 is 0 Å². The molecule has 7 heteroatoms. The number of nitrogens with zero attached hydrogens (tertiary/aromatic N) is 4. The Labute approximate surface area is 134 Å². The summed E-state index contributed by atoms with van der Waals surface area (Å²) in [5, 5.41) is 6.85. The zero-order valence-corrected chi connectivity index (χ0v) is 12.7. The Bertz CT molecular complexity index is 1050. The molecule has 3 aromatic heterocycles. The number of rotatable bonds is 3. The van der Waals surface area contributed by atoms with Gasteiger partial charge in [0.1, 0.15) is 10.6 Å². The third-order valence-corrected chi connectivity index (χ3v) is 4.32. The van der Waals surface area contributed by atoms with E-state index in [1.807, 2.05) is 5.38 Å². The Morgan fingerprint density at radius 1 is 1.22 bits per heavy atom. The van der Waals surface area contributed by atoms with Crippen LogP contribution < -0.4 is 5.56 Å². The van der Waals surface area contributed by atoms with Gasteiger partial charge in [0.05, 0.1) is 29.6 Å². The summed E-state index contributed by atoms with van der Waals surface area (Å²) in [6.45, 7) is 0.319. The number of fused-ring (bicyclic) bond motifs is 1. The molecule has 0 saturated carbocycles. The second-order valence-corrected chi connectivity index (χ2v) is 5.94. The van der Waals surface area contributed by atoms with Gasteiger partial charge in [-0.2, -0.15) is 5.10 Å². The lowest BCUT2D eigenvalue weighted by atomic mass is 10.3. The van der Waals surface area contributed by atoms with Crippen molar-refractivity contribution in [3.05, 3.63) is 76.2 Å². The van der Waals surface area contributed by atoms with Crippen molar-refractivity contribution in [2.45, 2.75) is 6.54 Å². The van der Waals surface area contributed by atoms with Gasteiger partial charge < -0.3 is 0 Å². The van der Waals surface area contributed by atoms with Crippen molar-refractivity contribution >= 4 is 21.6 Å². The van der Waals surface area contributed by atoms with Gasteiger partial charge in [0, 0.05) is 6.20 Å². The third kappa shape index (κ3) is 2.55. The van der Waals surface area contributed by atoms with Crippen molar-refractivity contribution in [2.24, 2.45) is 0 Å². The first-order valence-electron chi connectivity index (χ1n) is 6.94. The second kappa shape index (κ2) is 5.44. The second-order valence-electron chi connectivity index (χ2n) is 5.05. The zero-order valence-electron chi connectivity index (χ0n) is 11.9. The first-order valence-corrected chi connectivity index (χ1v) is 7.82. The molecule has 0 saturated heterocycles. The quantitative estimate of drug-likeness (QED) is 0.582. The van der Waals surface area contributed by atoms with Crippen LogP contribution in [0.3, 0.4) is 0 Å². The molecular weight excluding hydrogens is 315 g/mol. The summed E-state index contributed by atoms with van der Waals surface area (Å²) in [5.74, 6) is -0.317. The number of hydrogen-bond acceptors (Lipinski definition) is 4. The van der Waals surface area contributed by atoms with E-state index in [4.69, 9.17) is 0 Å². The topological polar surface area (TPSA) is 52.7 Å². The lowest BCUT2D eigenvalue weighted by molar-refractivity contribution is 0.625. The monoisotopic (exact) mass is 326 g/mol. The molecule has 3 heterocycles. The molecule has 0 bridgehead atoms. The van der Waals surface area contributed by atoms with Crippen LogP contribution in [0.25, 0.3) is 15.9 Å². The van der Waals surface area contributed by atoms with Crippen molar-refractivity contribution in [3.63, 3.8) is 0 Å². The Morgan fingerprint density at radius 2 is 2.13 bits per heavy atom. The predicted octanol–water partition coefficient (Wildman–Crippen LogP) is 2.83.